The van der Waals surface area contributed by atoms with Crippen molar-refractivity contribution in [3.05, 3.63) is 77.2 Å². The van der Waals surface area contributed by atoms with Crippen molar-refractivity contribution in [2.45, 2.75) is 32.4 Å². The van der Waals surface area contributed by atoms with E-state index in [4.69, 9.17) is 4.74 Å². The zero-order chi connectivity index (χ0) is 23.8. The van der Waals surface area contributed by atoms with Gasteiger partial charge in [0.05, 0.1) is 12.7 Å². The summed E-state index contributed by atoms with van der Waals surface area (Å²) in [4.78, 5) is 28.8. The van der Waals surface area contributed by atoms with Crippen LogP contribution < -0.4 is 4.90 Å². The van der Waals surface area contributed by atoms with Crippen LogP contribution in [0, 0.1) is 0 Å². The molecule has 0 bridgehead atoms. The molecule has 35 heavy (non-hydrogen) atoms. The smallest absolute Gasteiger partial charge is 0.341 e. The molecule has 7 nitrogen and oxygen atoms in total. The summed E-state index contributed by atoms with van der Waals surface area (Å²) in [6.07, 6.45) is 6.60. The second-order valence-corrected chi connectivity index (χ2v) is 9.46. The number of anilines is 1. The molecule has 0 unspecified atom stereocenters. The highest BCUT2D eigenvalue weighted by molar-refractivity contribution is 5.90. The monoisotopic (exact) mass is 467 g/mol. The molecule has 4 aromatic rings. The Hall–Kier alpha value is -3.71. The minimum Gasteiger partial charge on any atom is -0.465 e. The summed E-state index contributed by atoms with van der Waals surface area (Å²) in [6, 6.07) is 15.7. The number of hydrogen-bond donors (Lipinski definition) is 1. The summed E-state index contributed by atoms with van der Waals surface area (Å²) in [6.45, 7) is 5.03. The number of rotatable bonds is 5. The fraction of sp³-hybridized carbons (Fsp3) is 0.321. The van der Waals surface area contributed by atoms with Gasteiger partial charge in [0.1, 0.15) is 0 Å². The van der Waals surface area contributed by atoms with E-state index in [2.05, 4.69) is 67.2 Å². The topological polar surface area (TPSA) is 74.3 Å². The first-order chi connectivity index (χ1) is 17.2. The lowest BCUT2D eigenvalue weighted by atomic mass is 9.99. The fourth-order valence-electron chi connectivity index (χ4n) is 5.27. The Labute approximate surface area is 204 Å². The predicted octanol–water partition coefficient (Wildman–Crippen LogP) is 4.57. The summed E-state index contributed by atoms with van der Waals surface area (Å²) in [7, 11) is 1.36. The molecule has 2 aromatic heterocycles. The first-order valence-electron chi connectivity index (χ1n) is 12.3. The molecule has 0 saturated carbocycles. The van der Waals surface area contributed by atoms with Gasteiger partial charge in [0, 0.05) is 60.6 Å². The van der Waals surface area contributed by atoms with Crippen LogP contribution in [-0.4, -0.2) is 52.6 Å². The van der Waals surface area contributed by atoms with Crippen LogP contribution in [0.4, 0.5) is 5.95 Å². The van der Waals surface area contributed by atoms with Crippen molar-refractivity contribution in [3.8, 4) is 11.1 Å². The molecule has 2 aliphatic rings. The van der Waals surface area contributed by atoms with Gasteiger partial charge in [0.25, 0.3) is 0 Å². The van der Waals surface area contributed by atoms with Crippen LogP contribution in [-0.2, 0) is 24.2 Å². The molecule has 0 atom stereocenters. The molecule has 0 radical (unpaired) electrons. The standard InChI is InChI=1S/C28H29N5O2/c1-35-27(34)22-15-29-28(30-16-22)33-13-10-26-24(18-33)23-14-21(8-9-25(23)31-26)20-6-4-19(5-7-20)17-32-11-2-3-12-32/h4-9,14-16,31H,2-3,10-13,17-18H2,1H3. The van der Waals surface area contributed by atoms with Gasteiger partial charge < -0.3 is 14.6 Å². The third-order valence-electron chi connectivity index (χ3n) is 7.21. The Bertz CT molecular complexity index is 1350. The number of aromatic nitrogens is 3. The molecule has 7 heteroatoms. The van der Waals surface area contributed by atoms with Crippen LogP contribution in [0.3, 0.4) is 0 Å². The number of fused-ring (bicyclic) bond motifs is 3. The Balaban J connectivity index is 1.24. The van der Waals surface area contributed by atoms with E-state index in [9.17, 15) is 4.79 Å². The molecule has 6 rings (SSSR count). The lowest BCUT2D eigenvalue weighted by molar-refractivity contribution is 0.0599. The largest absolute Gasteiger partial charge is 0.465 e. The number of benzene rings is 2. The van der Waals surface area contributed by atoms with Gasteiger partial charge in [-0.3, -0.25) is 4.90 Å². The summed E-state index contributed by atoms with van der Waals surface area (Å²) in [5, 5.41) is 1.24. The molecule has 2 aliphatic heterocycles. The van der Waals surface area contributed by atoms with Crippen LogP contribution in [0.2, 0.25) is 0 Å². The molecule has 2 aromatic carbocycles. The molecule has 1 N–H and O–H groups in total. The van der Waals surface area contributed by atoms with E-state index in [1.807, 2.05) is 0 Å². The Morgan fingerprint density at radius 3 is 2.49 bits per heavy atom. The molecular weight excluding hydrogens is 438 g/mol. The maximum atomic E-state index is 11.7. The van der Waals surface area contributed by atoms with E-state index in [1.54, 1.807) is 0 Å². The average molecular weight is 468 g/mol. The normalized spacial score (nSPS) is 16.0. The molecule has 178 valence electrons. The van der Waals surface area contributed by atoms with Crippen molar-refractivity contribution in [1.29, 1.82) is 0 Å². The van der Waals surface area contributed by atoms with Crippen LogP contribution >= 0.6 is 0 Å². The van der Waals surface area contributed by atoms with Crippen molar-refractivity contribution >= 4 is 22.8 Å². The minimum atomic E-state index is -0.425. The Morgan fingerprint density at radius 1 is 1.00 bits per heavy atom. The van der Waals surface area contributed by atoms with E-state index in [-0.39, 0.29) is 0 Å². The number of likely N-dealkylation sites (tertiary alicyclic amines) is 1. The quantitative estimate of drug-likeness (QED) is 0.434. The highest BCUT2D eigenvalue weighted by atomic mass is 16.5. The van der Waals surface area contributed by atoms with Gasteiger partial charge >= 0.3 is 5.97 Å². The van der Waals surface area contributed by atoms with Crippen LogP contribution in [0.1, 0.15) is 40.0 Å². The minimum absolute atomic E-state index is 0.358. The second-order valence-electron chi connectivity index (χ2n) is 9.46. The summed E-state index contributed by atoms with van der Waals surface area (Å²) in [5.74, 6) is 0.202. The molecule has 0 aliphatic carbocycles. The van der Waals surface area contributed by atoms with Gasteiger partial charge in [0.2, 0.25) is 5.95 Å². The van der Waals surface area contributed by atoms with Crippen molar-refractivity contribution in [2.24, 2.45) is 0 Å². The van der Waals surface area contributed by atoms with E-state index in [0.29, 0.717) is 11.5 Å². The summed E-state index contributed by atoms with van der Waals surface area (Å²) >= 11 is 0. The molecule has 0 amide bonds. The number of ether oxygens (including phenoxy) is 1. The van der Waals surface area contributed by atoms with Gasteiger partial charge in [-0.2, -0.15) is 0 Å². The maximum Gasteiger partial charge on any atom is 0.341 e. The van der Waals surface area contributed by atoms with E-state index in [1.165, 1.54) is 78.8 Å². The fourth-order valence-corrected chi connectivity index (χ4v) is 5.27. The molecule has 1 saturated heterocycles. The third kappa shape index (κ3) is 4.28. The highest BCUT2D eigenvalue weighted by Gasteiger charge is 2.23. The van der Waals surface area contributed by atoms with E-state index < -0.39 is 5.97 Å². The van der Waals surface area contributed by atoms with Crippen molar-refractivity contribution < 1.29 is 9.53 Å². The zero-order valence-corrected chi connectivity index (χ0v) is 20.0. The van der Waals surface area contributed by atoms with Gasteiger partial charge in [-0.15, -0.1) is 0 Å². The van der Waals surface area contributed by atoms with Gasteiger partial charge in [-0.1, -0.05) is 30.3 Å². The second kappa shape index (κ2) is 9.15. The Kier molecular flexibility index (Phi) is 5.70. The first kappa shape index (κ1) is 21.8. The molecular formula is C28H29N5O2. The van der Waals surface area contributed by atoms with Crippen molar-refractivity contribution in [2.75, 3.05) is 31.6 Å². The highest BCUT2D eigenvalue weighted by Crippen LogP contribution is 2.32. The molecule has 4 heterocycles. The zero-order valence-electron chi connectivity index (χ0n) is 20.0. The van der Waals surface area contributed by atoms with Gasteiger partial charge in [0.15, 0.2) is 0 Å². The third-order valence-corrected chi connectivity index (χ3v) is 7.21. The predicted molar refractivity (Wildman–Crippen MR) is 136 cm³/mol. The van der Waals surface area contributed by atoms with Crippen molar-refractivity contribution in [1.82, 2.24) is 19.9 Å². The summed E-state index contributed by atoms with van der Waals surface area (Å²) in [5.41, 5.74) is 7.93. The number of carbonyl (C=O) groups is 1. The van der Waals surface area contributed by atoms with Crippen LogP contribution in [0.25, 0.3) is 22.0 Å². The average Bonchev–Trinajstić information content (AvgIpc) is 3.55. The van der Waals surface area contributed by atoms with Crippen LogP contribution in [0.15, 0.2) is 54.9 Å². The maximum absolute atomic E-state index is 11.7. The molecule has 1 fully saturated rings. The number of carbonyl (C=O) groups excluding carboxylic acids is 1. The lowest BCUT2D eigenvalue weighted by Crippen LogP contribution is -2.31. The van der Waals surface area contributed by atoms with E-state index >= 15 is 0 Å². The Morgan fingerprint density at radius 2 is 1.74 bits per heavy atom. The lowest BCUT2D eigenvalue weighted by Gasteiger charge is -2.27. The van der Waals surface area contributed by atoms with Crippen molar-refractivity contribution in [3.63, 3.8) is 0 Å². The summed E-state index contributed by atoms with van der Waals surface area (Å²) < 4.78 is 4.75. The first-order valence-corrected chi connectivity index (χ1v) is 12.3. The van der Waals surface area contributed by atoms with Crippen LogP contribution in [0.5, 0.6) is 0 Å². The molecule has 0 spiro atoms. The van der Waals surface area contributed by atoms with E-state index in [0.717, 1.165) is 31.6 Å². The van der Waals surface area contributed by atoms with Gasteiger partial charge in [-0.05, 0) is 54.8 Å². The number of aromatic amines is 1. The number of methoxy groups -OCH3 is 1. The number of hydrogen-bond acceptors (Lipinski definition) is 6. The number of nitrogens with one attached hydrogen (secondary N) is 1. The number of H-pyrrole nitrogens is 1. The number of esters is 1. The number of nitrogens with zero attached hydrogens (tertiary/aromatic N) is 4. The SMILES string of the molecule is COC(=O)c1cnc(N2CCc3[nH]c4ccc(-c5ccc(CN6CCCC6)cc5)cc4c3C2)nc1. The van der Waals surface area contributed by atoms with Gasteiger partial charge in [-0.25, -0.2) is 14.8 Å².